The van der Waals surface area contributed by atoms with Crippen molar-refractivity contribution in [1.29, 1.82) is 0 Å². The molecule has 0 bridgehead atoms. The van der Waals surface area contributed by atoms with E-state index in [1.807, 2.05) is 0 Å². The van der Waals surface area contributed by atoms with Crippen molar-refractivity contribution in [2.45, 2.75) is 47.5 Å². The van der Waals surface area contributed by atoms with Gasteiger partial charge in [0, 0.05) is 12.3 Å². The summed E-state index contributed by atoms with van der Waals surface area (Å²) < 4.78 is 22.7. The minimum absolute atomic E-state index is 0.179. The van der Waals surface area contributed by atoms with Gasteiger partial charge in [-0.15, -0.1) is 0 Å². The molecule has 0 spiro atoms. The van der Waals surface area contributed by atoms with E-state index in [1.165, 1.54) is 0 Å². The first-order chi connectivity index (χ1) is 7.68. The van der Waals surface area contributed by atoms with Crippen molar-refractivity contribution in [2.24, 2.45) is 11.3 Å². The molecule has 0 aromatic heterocycles. The molecule has 0 atom stereocenters. The van der Waals surface area contributed by atoms with Crippen molar-refractivity contribution in [2.75, 3.05) is 24.6 Å². The van der Waals surface area contributed by atoms with Gasteiger partial charge in [0.1, 0.15) is 9.84 Å². The molecule has 17 heavy (non-hydrogen) atoms. The molecule has 0 aliphatic heterocycles. The highest BCUT2D eigenvalue weighted by Crippen LogP contribution is 2.21. The highest BCUT2D eigenvalue weighted by Gasteiger charge is 2.18. The zero-order chi connectivity index (χ0) is 13.5. The third-order valence-corrected chi connectivity index (χ3v) is 4.70. The first-order valence-corrected chi connectivity index (χ1v) is 8.42. The molecular formula is C13H29NO2S. The van der Waals surface area contributed by atoms with Gasteiger partial charge in [0.2, 0.25) is 0 Å². The van der Waals surface area contributed by atoms with Crippen molar-refractivity contribution in [1.82, 2.24) is 5.32 Å². The van der Waals surface area contributed by atoms with Gasteiger partial charge in [-0.3, -0.25) is 0 Å². The molecular weight excluding hydrogens is 234 g/mol. The number of nitrogens with one attached hydrogen (secondary N) is 1. The number of sulfone groups is 1. The SMILES string of the molecule is CCS(=O)(=O)CCCC(C)(C)CNCC(C)C. The van der Waals surface area contributed by atoms with E-state index in [9.17, 15) is 8.42 Å². The van der Waals surface area contributed by atoms with Gasteiger partial charge in [-0.25, -0.2) is 8.42 Å². The van der Waals surface area contributed by atoms with Crippen LogP contribution >= 0.6 is 0 Å². The minimum Gasteiger partial charge on any atom is -0.316 e. The number of hydrogen-bond donors (Lipinski definition) is 1. The van der Waals surface area contributed by atoms with Crippen LogP contribution in [0.15, 0.2) is 0 Å². The Balaban J connectivity index is 3.85. The maximum absolute atomic E-state index is 11.4. The van der Waals surface area contributed by atoms with Gasteiger partial charge in [-0.05, 0) is 30.7 Å². The molecule has 0 fully saturated rings. The molecule has 1 N–H and O–H groups in total. The van der Waals surface area contributed by atoms with Crippen molar-refractivity contribution in [3.8, 4) is 0 Å². The van der Waals surface area contributed by atoms with Gasteiger partial charge < -0.3 is 5.32 Å². The van der Waals surface area contributed by atoms with E-state index < -0.39 is 9.84 Å². The third kappa shape index (κ3) is 9.60. The summed E-state index contributed by atoms with van der Waals surface area (Å²) in [5, 5.41) is 3.44. The Bertz CT molecular complexity index is 295. The van der Waals surface area contributed by atoms with E-state index in [1.54, 1.807) is 6.92 Å². The Hall–Kier alpha value is -0.0900. The maximum Gasteiger partial charge on any atom is 0.150 e. The largest absolute Gasteiger partial charge is 0.316 e. The molecule has 0 rings (SSSR count). The van der Waals surface area contributed by atoms with E-state index in [0.717, 1.165) is 25.9 Å². The molecule has 0 heterocycles. The van der Waals surface area contributed by atoms with Crippen LogP contribution in [0.2, 0.25) is 0 Å². The molecule has 0 saturated carbocycles. The Morgan fingerprint density at radius 1 is 1.24 bits per heavy atom. The predicted molar refractivity (Wildman–Crippen MR) is 75.1 cm³/mol. The van der Waals surface area contributed by atoms with Gasteiger partial charge in [-0.1, -0.05) is 34.6 Å². The summed E-state index contributed by atoms with van der Waals surface area (Å²) >= 11 is 0. The lowest BCUT2D eigenvalue weighted by Gasteiger charge is -2.25. The lowest BCUT2D eigenvalue weighted by molar-refractivity contribution is 0.305. The van der Waals surface area contributed by atoms with Crippen LogP contribution in [-0.2, 0) is 9.84 Å². The molecule has 0 aliphatic rings. The van der Waals surface area contributed by atoms with E-state index >= 15 is 0 Å². The van der Waals surface area contributed by atoms with Crippen LogP contribution in [0.3, 0.4) is 0 Å². The van der Waals surface area contributed by atoms with Gasteiger partial charge in [0.05, 0.1) is 5.75 Å². The van der Waals surface area contributed by atoms with E-state index in [-0.39, 0.29) is 11.2 Å². The lowest BCUT2D eigenvalue weighted by Crippen LogP contribution is -2.32. The van der Waals surface area contributed by atoms with Crippen LogP contribution in [0, 0.1) is 11.3 Å². The summed E-state index contributed by atoms with van der Waals surface area (Å²) in [6, 6.07) is 0. The standard InChI is InChI=1S/C13H29NO2S/c1-6-17(15,16)9-7-8-13(4,5)11-14-10-12(2)3/h12,14H,6-11H2,1-5H3. The Kier molecular flexibility index (Phi) is 7.33. The Morgan fingerprint density at radius 3 is 2.29 bits per heavy atom. The molecule has 3 nitrogen and oxygen atoms in total. The topological polar surface area (TPSA) is 46.2 Å². The average molecular weight is 263 g/mol. The average Bonchev–Trinajstić information content (AvgIpc) is 2.16. The van der Waals surface area contributed by atoms with Crippen LogP contribution < -0.4 is 5.32 Å². The van der Waals surface area contributed by atoms with Crippen molar-refractivity contribution in [3.63, 3.8) is 0 Å². The molecule has 0 aromatic carbocycles. The highest BCUT2D eigenvalue weighted by atomic mass is 32.2. The van der Waals surface area contributed by atoms with Crippen LogP contribution in [0.5, 0.6) is 0 Å². The van der Waals surface area contributed by atoms with Crippen molar-refractivity contribution >= 4 is 9.84 Å². The van der Waals surface area contributed by atoms with Gasteiger partial charge >= 0.3 is 0 Å². The van der Waals surface area contributed by atoms with E-state index in [0.29, 0.717) is 11.7 Å². The molecule has 0 saturated heterocycles. The molecule has 0 aromatic rings. The van der Waals surface area contributed by atoms with Crippen LogP contribution in [-0.4, -0.2) is 33.0 Å². The predicted octanol–water partition coefficient (Wildman–Crippen LogP) is 2.47. The second-order valence-corrected chi connectivity index (χ2v) is 8.50. The zero-order valence-electron chi connectivity index (χ0n) is 12.0. The summed E-state index contributed by atoms with van der Waals surface area (Å²) in [7, 11) is -2.80. The summed E-state index contributed by atoms with van der Waals surface area (Å²) in [6.07, 6.45) is 1.73. The maximum atomic E-state index is 11.4. The lowest BCUT2D eigenvalue weighted by atomic mass is 9.88. The van der Waals surface area contributed by atoms with Crippen LogP contribution in [0.4, 0.5) is 0 Å². The minimum atomic E-state index is -2.80. The summed E-state index contributed by atoms with van der Waals surface area (Å²) in [4.78, 5) is 0. The van der Waals surface area contributed by atoms with E-state index in [4.69, 9.17) is 0 Å². The van der Waals surface area contributed by atoms with Crippen molar-refractivity contribution < 1.29 is 8.42 Å². The fraction of sp³-hybridized carbons (Fsp3) is 1.00. The Labute approximate surface area is 107 Å². The first-order valence-electron chi connectivity index (χ1n) is 6.59. The molecule has 4 heteroatoms. The fourth-order valence-corrected chi connectivity index (χ4v) is 2.58. The van der Waals surface area contributed by atoms with Gasteiger partial charge in [0.15, 0.2) is 0 Å². The molecule has 0 radical (unpaired) electrons. The zero-order valence-corrected chi connectivity index (χ0v) is 12.9. The number of hydrogen-bond acceptors (Lipinski definition) is 3. The fourth-order valence-electron chi connectivity index (χ4n) is 1.70. The van der Waals surface area contributed by atoms with Crippen LogP contribution in [0.25, 0.3) is 0 Å². The van der Waals surface area contributed by atoms with Crippen LogP contribution in [0.1, 0.15) is 47.5 Å². The van der Waals surface area contributed by atoms with Crippen molar-refractivity contribution in [3.05, 3.63) is 0 Å². The molecule has 0 unspecified atom stereocenters. The normalized spacial score (nSPS) is 13.3. The second kappa shape index (κ2) is 7.37. The molecule has 104 valence electrons. The Morgan fingerprint density at radius 2 is 1.82 bits per heavy atom. The monoisotopic (exact) mass is 263 g/mol. The summed E-state index contributed by atoms with van der Waals surface area (Å²) in [5.74, 6) is 1.25. The number of rotatable bonds is 9. The smallest absolute Gasteiger partial charge is 0.150 e. The summed E-state index contributed by atoms with van der Waals surface area (Å²) in [6.45, 7) is 12.5. The van der Waals surface area contributed by atoms with Gasteiger partial charge in [-0.2, -0.15) is 0 Å². The second-order valence-electron chi connectivity index (χ2n) is 6.03. The third-order valence-electron chi connectivity index (χ3n) is 2.90. The van der Waals surface area contributed by atoms with Gasteiger partial charge in [0.25, 0.3) is 0 Å². The van der Waals surface area contributed by atoms with E-state index in [2.05, 4.69) is 33.0 Å². The summed E-state index contributed by atoms with van der Waals surface area (Å²) in [5.41, 5.74) is 0.179. The molecule has 0 aliphatic carbocycles. The quantitative estimate of drug-likeness (QED) is 0.695. The first kappa shape index (κ1) is 16.9. The highest BCUT2D eigenvalue weighted by molar-refractivity contribution is 7.91. The molecule has 0 amide bonds.